The smallest absolute Gasteiger partial charge is 0.259 e. The van der Waals surface area contributed by atoms with Gasteiger partial charge in [-0.05, 0) is 24.6 Å². The van der Waals surface area contributed by atoms with E-state index >= 15 is 0 Å². The van der Waals surface area contributed by atoms with Gasteiger partial charge in [0.15, 0.2) is 0 Å². The molecule has 8 heteroatoms. The fraction of sp³-hybridized carbons (Fsp3) is 0.435. The van der Waals surface area contributed by atoms with Gasteiger partial charge in [0.25, 0.3) is 5.91 Å². The summed E-state index contributed by atoms with van der Waals surface area (Å²) < 4.78 is 5.51. The number of amides is 1. The molecule has 31 heavy (non-hydrogen) atoms. The molecule has 8 nitrogen and oxygen atoms in total. The van der Waals surface area contributed by atoms with Crippen LogP contribution in [0.1, 0.15) is 29.3 Å². The number of carbonyl (C=O) groups excluding carboxylic acids is 1. The van der Waals surface area contributed by atoms with Gasteiger partial charge in [0, 0.05) is 59.1 Å². The molecule has 1 saturated heterocycles. The second-order valence-electron chi connectivity index (χ2n) is 7.65. The number of ether oxygens (including phenoxy) is 1. The minimum atomic E-state index is -0.0575. The van der Waals surface area contributed by atoms with Crippen LogP contribution in [0.15, 0.2) is 30.5 Å². The predicted molar refractivity (Wildman–Crippen MR) is 123 cm³/mol. The molecule has 1 N–H and O–H groups in total. The second-order valence-corrected chi connectivity index (χ2v) is 7.65. The lowest BCUT2D eigenvalue weighted by Gasteiger charge is -2.38. The first-order chi connectivity index (χ1) is 15.0. The molecular formula is C23H30N6O2. The van der Waals surface area contributed by atoms with Crippen molar-refractivity contribution in [1.82, 2.24) is 9.88 Å². The van der Waals surface area contributed by atoms with E-state index in [1.807, 2.05) is 18.2 Å². The Labute approximate surface area is 184 Å². The van der Waals surface area contributed by atoms with Gasteiger partial charge in [-0.3, -0.25) is 4.79 Å². The summed E-state index contributed by atoms with van der Waals surface area (Å²) >= 11 is 0. The van der Waals surface area contributed by atoms with Crippen molar-refractivity contribution in [3.8, 4) is 11.8 Å². The van der Waals surface area contributed by atoms with Crippen molar-refractivity contribution in [2.45, 2.75) is 13.3 Å². The normalized spacial score (nSPS) is 13.5. The van der Waals surface area contributed by atoms with Crippen molar-refractivity contribution in [3.63, 3.8) is 0 Å². The minimum absolute atomic E-state index is 0.0575. The third-order valence-corrected chi connectivity index (χ3v) is 5.36. The molecule has 0 unspecified atom stereocenters. The van der Waals surface area contributed by atoms with E-state index < -0.39 is 0 Å². The molecule has 1 aliphatic rings. The Hall–Kier alpha value is -3.47. The van der Waals surface area contributed by atoms with Crippen LogP contribution in [0, 0.1) is 11.3 Å². The SMILES string of the molecule is CCCNc1nccc(N2CCN(c3ccc(C#N)cc3OC)CC2)c1C(=O)N(C)C. The molecule has 0 aliphatic carbocycles. The summed E-state index contributed by atoms with van der Waals surface area (Å²) in [6.07, 6.45) is 2.71. The maximum absolute atomic E-state index is 13.0. The van der Waals surface area contributed by atoms with E-state index in [1.54, 1.807) is 38.4 Å². The van der Waals surface area contributed by atoms with Gasteiger partial charge in [-0.1, -0.05) is 6.92 Å². The van der Waals surface area contributed by atoms with Crippen LogP contribution in [0.5, 0.6) is 5.75 Å². The fourth-order valence-corrected chi connectivity index (χ4v) is 3.72. The van der Waals surface area contributed by atoms with Crippen molar-refractivity contribution < 1.29 is 9.53 Å². The summed E-state index contributed by atoms with van der Waals surface area (Å²) in [6, 6.07) is 9.59. The molecule has 0 atom stereocenters. The fourth-order valence-electron chi connectivity index (χ4n) is 3.72. The number of hydrogen-bond donors (Lipinski definition) is 1. The van der Waals surface area contributed by atoms with Crippen molar-refractivity contribution in [1.29, 1.82) is 5.26 Å². The van der Waals surface area contributed by atoms with Crippen LogP contribution in [0.25, 0.3) is 0 Å². The van der Waals surface area contributed by atoms with E-state index in [-0.39, 0.29) is 5.91 Å². The summed E-state index contributed by atoms with van der Waals surface area (Å²) in [5.74, 6) is 1.28. The van der Waals surface area contributed by atoms with Crippen LogP contribution in [0.4, 0.5) is 17.2 Å². The van der Waals surface area contributed by atoms with Gasteiger partial charge in [-0.15, -0.1) is 0 Å². The zero-order valence-corrected chi connectivity index (χ0v) is 18.7. The molecule has 1 aromatic carbocycles. The molecule has 2 aromatic rings. The monoisotopic (exact) mass is 422 g/mol. The number of benzene rings is 1. The van der Waals surface area contributed by atoms with Gasteiger partial charge in [0.1, 0.15) is 17.1 Å². The number of methoxy groups -OCH3 is 1. The lowest BCUT2D eigenvalue weighted by molar-refractivity contribution is 0.0828. The van der Waals surface area contributed by atoms with Gasteiger partial charge in [-0.25, -0.2) is 4.98 Å². The largest absolute Gasteiger partial charge is 0.495 e. The molecule has 2 heterocycles. The number of nitrogens with zero attached hydrogens (tertiary/aromatic N) is 5. The van der Waals surface area contributed by atoms with Gasteiger partial charge in [-0.2, -0.15) is 5.26 Å². The third-order valence-electron chi connectivity index (χ3n) is 5.36. The molecule has 0 bridgehead atoms. The number of nitriles is 1. The minimum Gasteiger partial charge on any atom is -0.495 e. The first kappa shape index (κ1) is 22.2. The molecule has 1 aromatic heterocycles. The Balaban J connectivity index is 1.84. The first-order valence-corrected chi connectivity index (χ1v) is 10.5. The molecule has 1 fully saturated rings. The zero-order valence-electron chi connectivity index (χ0n) is 18.7. The van der Waals surface area contributed by atoms with Crippen molar-refractivity contribution in [3.05, 3.63) is 41.6 Å². The van der Waals surface area contributed by atoms with E-state index in [4.69, 9.17) is 10.00 Å². The lowest BCUT2D eigenvalue weighted by Crippen LogP contribution is -2.47. The topological polar surface area (TPSA) is 84.7 Å². The van der Waals surface area contributed by atoms with Gasteiger partial charge < -0.3 is 24.8 Å². The molecule has 1 amide bonds. The highest BCUT2D eigenvalue weighted by molar-refractivity contribution is 6.04. The molecule has 0 saturated carbocycles. The van der Waals surface area contributed by atoms with Crippen LogP contribution in [0.2, 0.25) is 0 Å². The summed E-state index contributed by atoms with van der Waals surface area (Å²) in [7, 11) is 5.15. The van der Waals surface area contributed by atoms with Crippen molar-refractivity contribution in [2.24, 2.45) is 0 Å². The summed E-state index contributed by atoms with van der Waals surface area (Å²) in [5.41, 5.74) is 3.07. The van der Waals surface area contributed by atoms with Gasteiger partial charge >= 0.3 is 0 Å². The van der Waals surface area contributed by atoms with E-state index in [2.05, 4.69) is 33.1 Å². The molecule has 0 spiro atoms. The number of nitrogens with one attached hydrogen (secondary N) is 1. The Kier molecular flexibility index (Phi) is 7.19. The van der Waals surface area contributed by atoms with Crippen LogP contribution < -0.4 is 19.9 Å². The van der Waals surface area contributed by atoms with Gasteiger partial charge in [0.2, 0.25) is 0 Å². The maximum Gasteiger partial charge on any atom is 0.259 e. The molecule has 0 radical (unpaired) electrons. The molecule has 3 rings (SSSR count). The van der Waals surface area contributed by atoms with Crippen LogP contribution >= 0.6 is 0 Å². The highest BCUT2D eigenvalue weighted by Crippen LogP contribution is 2.32. The Morgan fingerprint density at radius 1 is 1.19 bits per heavy atom. The maximum atomic E-state index is 13.0. The predicted octanol–water partition coefficient (Wildman–Crippen LogP) is 2.81. The number of carbonyl (C=O) groups is 1. The zero-order chi connectivity index (χ0) is 22.4. The number of aromatic nitrogens is 1. The standard InChI is InChI=1S/C23H30N6O2/c1-5-9-25-22-21(23(30)27(2)3)19(8-10-26-22)29-13-11-28(12-14-29)18-7-6-17(16-24)15-20(18)31-4/h6-8,10,15H,5,9,11-14H2,1-4H3,(H,25,26). The van der Waals surface area contributed by atoms with E-state index in [0.717, 1.165) is 50.5 Å². The highest BCUT2D eigenvalue weighted by Gasteiger charge is 2.26. The number of anilines is 3. The van der Waals surface area contributed by atoms with Crippen molar-refractivity contribution in [2.75, 3.05) is 69.0 Å². The van der Waals surface area contributed by atoms with E-state index in [0.29, 0.717) is 22.7 Å². The number of piperazine rings is 1. The Morgan fingerprint density at radius 2 is 1.87 bits per heavy atom. The third kappa shape index (κ3) is 4.82. The van der Waals surface area contributed by atoms with Crippen LogP contribution in [-0.4, -0.2) is 69.7 Å². The van der Waals surface area contributed by atoms with Crippen LogP contribution in [-0.2, 0) is 0 Å². The Morgan fingerprint density at radius 3 is 2.45 bits per heavy atom. The molecule has 164 valence electrons. The summed E-state index contributed by atoms with van der Waals surface area (Å²) in [6.45, 7) is 5.91. The summed E-state index contributed by atoms with van der Waals surface area (Å²) in [4.78, 5) is 23.5. The van der Waals surface area contributed by atoms with Crippen molar-refractivity contribution >= 4 is 23.1 Å². The Bertz CT molecular complexity index is 961. The lowest BCUT2D eigenvalue weighted by atomic mass is 10.1. The number of pyridine rings is 1. The van der Waals surface area contributed by atoms with E-state index in [9.17, 15) is 4.79 Å². The summed E-state index contributed by atoms with van der Waals surface area (Å²) in [5, 5.41) is 12.4. The van der Waals surface area contributed by atoms with E-state index in [1.165, 1.54) is 0 Å². The number of hydrogen-bond acceptors (Lipinski definition) is 7. The second kappa shape index (κ2) is 10.0. The molecule has 1 aliphatic heterocycles. The average Bonchev–Trinajstić information content (AvgIpc) is 2.81. The first-order valence-electron chi connectivity index (χ1n) is 10.5. The van der Waals surface area contributed by atoms with Crippen LogP contribution in [0.3, 0.4) is 0 Å². The number of rotatable bonds is 7. The quantitative estimate of drug-likeness (QED) is 0.734. The average molecular weight is 423 g/mol. The highest BCUT2D eigenvalue weighted by atomic mass is 16.5. The molecular weight excluding hydrogens is 392 g/mol. The van der Waals surface area contributed by atoms with Gasteiger partial charge in [0.05, 0.1) is 30.1 Å².